The van der Waals surface area contributed by atoms with E-state index in [9.17, 15) is 17.2 Å². The normalized spacial score (nSPS) is 10.1. The van der Waals surface area contributed by atoms with Gasteiger partial charge in [0, 0.05) is 0 Å². The Kier molecular flexibility index (Phi) is 5.10. The van der Waals surface area contributed by atoms with Gasteiger partial charge in [0.05, 0.1) is 4.90 Å². The Morgan fingerprint density at radius 2 is 1.60 bits per heavy atom. The summed E-state index contributed by atoms with van der Waals surface area (Å²) in [6, 6.07) is 5.99. The van der Waals surface area contributed by atoms with Crippen LogP contribution in [0.15, 0.2) is 41.8 Å². The highest BCUT2D eigenvalue weighted by Gasteiger charge is 2.06. The lowest BCUT2D eigenvalue weighted by Crippen LogP contribution is -1.96. The van der Waals surface area contributed by atoms with Crippen LogP contribution in [0.1, 0.15) is 5.56 Å². The van der Waals surface area contributed by atoms with Crippen LogP contribution >= 0.6 is 0 Å². The number of hydrogen-bond acceptors (Lipinski definition) is 2. The van der Waals surface area contributed by atoms with Crippen LogP contribution in [0.5, 0.6) is 0 Å². The van der Waals surface area contributed by atoms with E-state index in [-0.39, 0.29) is 4.90 Å². The van der Waals surface area contributed by atoms with E-state index in [4.69, 9.17) is 4.55 Å². The first-order valence-electron chi connectivity index (χ1n) is 3.77. The van der Waals surface area contributed by atoms with Crippen LogP contribution < -0.4 is 0 Å². The molecule has 0 aliphatic carbocycles. The van der Waals surface area contributed by atoms with Gasteiger partial charge in [-0.1, -0.05) is 17.7 Å². The summed E-state index contributed by atoms with van der Waals surface area (Å²) in [4.78, 5) is -0.0666. The molecule has 1 aromatic rings. The summed E-state index contributed by atoms with van der Waals surface area (Å²) < 4.78 is 49.8. The van der Waals surface area contributed by atoms with Crippen molar-refractivity contribution >= 4 is 10.1 Å². The van der Waals surface area contributed by atoms with E-state index in [1.54, 1.807) is 12.1 Å². The molecule has 6 heteroatoms. The maximum atomic E-state index is 10.5. The quantitative estimate of drug-likeness (QED) is 0.762. The maximum Gasteiger partial charge on any atom is 0.294 e. The van der Waals surface area contributed by atoms with Gasteiger partial charge >= 0.3 is 0 Å². The molecule has 0 saturated carbocycles. The van der Waals surface area contributed by atoms with E-state index in [2.05, 4.69) is 6.58 Å². The van der Waals surface area contributed by atoms with Crippen molar-refractivity contribution in [3.63, 3.8) is 0 Å². The molecule has 0 unspecified atom stereocenters. The Morgan fingerprint density at radius 3 is 1.87 bits per heavy atom. The summed E-state index contributed by atoms with van der Waals surface area (Å²) in [6.45, 7) is 4.06. The first-order chi connectivity index (χ1) is 6.73. The van der Waals surface area contributed by atoms with Crippen molar-refractivity contribution in [1.29, 1.82) is 0 Å². The highest BCUT2D eigenvalue weighted by molar-refractivity contribution is 7.85. The molecule has 0 radical (unpaired) electrons. The molecule has 0 fully saturated rings. The topological polar surface area (TPSA) is 54.4 Å². The first-order valence-corrected chi connectivity index (χ1v) is 5.21. The van der Waals surface area contributed by atoms with Crippen molar-refractivity contribution in [2.45, 2.75) is 11.8 Å². The summed E-state index contributed by atoms with van der Waals surface area (Å²) in [6.07, 6.45) is -1.83. The molecule has 0 heterocycles. The molecular weight excluding hydrogens is 226 g/mol. The fourth-order valence-electron chi connectivity index (χ4n) is 0.710. The van der Waals surface area contributed by atoms with Crippen LogP contribution in [0, 0.1) is 6.92 Å². The molecule has 0 saturated heterocycles. The van der Waals surface area contributed by atoms with Gasteiger partial charge in [0.25, 0.3) is 16.2 Å². The molecule has 1 aromatic carbocycles. The summed E-state index contributed by atoms with van der Waals surface area (Å²) in [5.41, 5.74) is 0.956. The van der Waals surface area contributed by atoms with Gasteiger partial charge in [-0.25, -0.2) is 0 Å². The second-order valence-electron chi connectivity index (χ2n) is 2.63. The van der Waals surface area contributed by atoms with Crippen LogP contribution in [0.3, 0.4) is 0 Å². The number of hydrogen-bond donors (Lipinski definition) is 1. The predicted molar refractivity (Wildman–Crippen MR) is 52.3 cm³/mol. The van der Waals surface area contributed by atoms with Gasteiger partial charge in [0.1, 0.15) is 0 Å². The minimum Gasteiger partial charge on any atom is -0.282 e. The van der Waals surface area contributed by atoms with E-state index in [1.165, 1.54) is 12.1 Å². The molecule has 0 bridgehead atoms. The fraction of sp³-hybridized carbons (Fsp3) is 0.111. The minimum absolute atomic E-state index is 0.0666. The van der Waals surface area contributed by atoms with Gasteiger partial charge in [-0.15, -0.1) is 0 Å². The van der Waals surface area contributed by atoms with Gasteiger partial charge in [0.15, 0.2) is 0 Å². The largest absolute Gasteiger partial charge is 0.294 e. The third-order valence-electron chi connectivity index (χ3n) is 1.32. The zero-order valence-corrected chi connectivity index (χ0v) is 8.76. The number of halogens is 2. The van der Waals surface area contributed by atoms with Gasteiger partial charge < -0.3 is 0 Å². The second-order valence-corrected chi connectivity index (χ2v) is 4.05. The summed E-state index contributed by atoms with van der Waals surface area (Å²) in [5, 5.41) is 0. The highest BCUT2D eigenvalue weighted by Crippen LogP contribution is 2.08. The van der Waals surface area contributed by atoms with E-state index in [0.717, 1.165) is 5.56 Å². The molecule has 1 N–H and O–H groups in total. The number of aryl methyl sites for hydroxylation is 1. The number of benzene rings is 1. The Bertz CT molecular complexity index is 419. The Hall–Kier alpha value is -1.27. The monoisotopic (exact) mass is 236 g/mol. The molecule has 0 spiro atoms. The van der Waals surface area contributed by atoms with Crippen molar-refractivity contribution in [2.75, 3.05) is 0 Å². The van der Waals surface area contributed by atoms with Crippen LogP contribution in [0.2, 0.25) is 0 Å². The van der Waals surface area contributed by atoms with Gasteiger partial charge in [0.2, 0.25) is 0 Å². The van der Waals surface area contributed by atoms with Gasteiger partial charge in [-0.2, -0.15) is 17.2 Å². The molecule has 0 aliphatic rings. The summed E-state index contributed by atoms with van der Waals surface area (Å²) >= 11 is 0. The fourth-order valence-corrected chi connectivity index (χ4v) is 1.19. The molecule has 15 heavy (non-hydrogen) atoms. The third-order valence-corrected chi connectivity index (χ3v) is 2.19. The van der Waals surface area contributed by atoms with E-state index >= 15 is 0 Å². The lowest BCUT2D eigenvalue weighted by molar-refractivity contribution is 0.426. The predicted octanol–water partition coefficient (Wildman–Crippen LogP) is 2.64. The zero-order valence-electron chi connectivity index (χ0n) is 7.94. The Labute approximate surface area is 86.8 Å². The summed E-state index contributed by atoms with van der Waals surface area (Å²) in [7, 11) is -4.02. The lowest BCUT2D eigenvalue weighted by atomic mass is 10.2. The van der Waals surface area contributed by atoms with Crippen molar-refractivity contribution in [3.05, 3.63) is 42.5 Å². The van der Waals surface area contributed by atoms with E-state index in [0.29, 0.717) is 0 Å². The zero-order chi connectivity index (χ0) is 12.1. The molecule has 0 amide bonds. The standard InChI is InChI=1S/C7H8O3S.C2H2F2/c1-6-2-4-7(5-3-6)11(8,9)10;1-2(3)4/h2-5H,1H3,(H,8,9,10);1H2. The SMILES string of the molecule is C=C(F)F.Cc1ccc(S(=O)(=O)O)cc1. The molecule has 0 atom stereocenters. The average molecular weight is 236 g/mol. The maximum absolute atomic E-state index is 10.5. The molecule has 1 rings (SSSR count). The molecule has 0 aromatic heterocycles. The smallest absolute Gasteiger partial charge is 0.282 e. The summed E-state index contributed by atoms with van der Waals surface area (Å²) in [5.74, 6) is 0. The Balaban J connectivity index is 0.000000423. The first kappa shape index (κ1) is 13.7. The molecule has 0 aliphatic heterocycles. The Morgan fingerprint density at radius 1 is 1.27 bits per heavy atom. The van der Waals surface area contributed by atoms with Gasteiger partial charge in [-0.3, -0.25) is 4.55 Å². The van der Waals surface area contributed by atoms with Crippen molar-refractivity contribution in [3.8, 4) is 0 Å². The van der Waals surface area contributed by atoms with Crippen molar-refractivity contribution < 1.29 is 21.8 Å². The lowest BCUT2D eigenvalue weighted by Gasteiger charge is -1.95. The highest BCUT2D eigenvalue weighted by atomic mass is 32.2. The van der Waals surface area contributed by atoms with Crippen LogP contribution in [-0.4, -0.2) is 13.0 Å². The van der Waals surface area contributed by atoms with Gasteiger partial charge in [-0.05, 0) is 25.6 Å². The van der Waals surface area contributed by atoms with Crippen LogP contribution in [0.4, 0.5) is 8.78 Å². The molecular formula is C9H10F2O3S. The van der Waals surface area contributed by atoms with E-state index in [1.807, 2.05) is 6.92 Å². The van der Waals surface area contributed by atoms with E-state index < -0.39 is 16.2 Å². The second kappa shape index (κ2) is 5.57. The van der Waals surface area contributed by atoms with Crippen molar-refractivity contribution in [1.82, 2.24) is 0 Å². The molecule has 3 nitrogen and oxygen atoms in total. The minimum atomic E-state index is -4.02. The van der Waals surface area contributed by atoms with Crippen molar-refractivity contribution in [2.24, 2.45) is 0 Å². The average Bonchev–Trinajstić information content (AvgIpc) is 2.01. The molecule has 84 valence electrons. The third kappa shape index (κ3) is 6.75. The van der Waals surface area contributed by atoms with Crippen LogP contribution in [0.25, 0.3) is 0 Å². The number of rotatable bonds is 1. The van der Waals surface area contributed by atoms with Crippen LogP contribution in [-0.2, 0) is 10.1 Å².